The van der Waals surface area contributed by atoms with Gasteiger partial charge in [-0.25, -0.2) is 4.79 Å². The van der Waals surface area contributed by atoms with E-state index < -0.39 is 12.0 Å². The lowest BCUT2D eigenvalue weighted by Crippen LogP contribution is -2.44. The number of aliphatic carboxylic acids is 1. The number of hydrogen-bond acceptors (Lipinski definition) is 2. The first-order chi connectivity index (χ1) is 11.0. The highest BCUT2D eigenvalue weighted by Crippen LogP contribution is 2.19. The van der Waals surface area contributed by atoms with Crippen LogP contribution in [0.2, 0.25) is 0 Å². The van der Waals surface area contributed by atoms with E-state index in [-0.39, 0.29) is 18.2 Å². The van der Waals surface area contributed by atoms with Gasteiger partial charge < -0.3 is 10.4 Å². The van der Waals surface area contributed by atoms with E-state index in [2.05, 4.69) is 5.32 Å². The fourth-order valence-corrected chi connectivity index (χ4v) is 2.24. The van der Waals surface area contributed by atoms with E-state index >= 15 is 0 Å². The van der Waals surface area contributed by atoms with Crippen molar-refractivity contribution < 1.29 is 14.7 Å². The first-order valence-corrected chi connectivity index (χ1v) is 7.65. The molecule has 1 atom stereocenters. The summed E-state index contributed by atoms with van der Waals surface area (Å²) in [6, 6.07) is 16.8. The monoisotopic (exact) mass is 311 g/mol. The van der Waals surface area contributed by atoms with Gasteiger partial charge in [-0.15, -0.1) is 0 Å². The molecular formula is C19H21NO3. The van der Waals surface area contributed by atoms with Crippen molar-refractivity contribution in [2.24, 2.45) is 5.92 Å². The largest absolute Gasteiger partial charge is 0.480 e. The highest BCUT2D eigenvalue weighted by atomic mass is 16.4. The number of amides is 1. The molecule has 0 saturated carbocycles. The van der Waals surface area contributed by atoms with E-state index in [4.69, 9.17) is 0 Å². The normalized spacial score (nSPS) is 12.0. The van der Waals surface area contributed by atoms with Gasteiger partial charge in [0.25, 0.3) is 0 Å². The molecule has 23 heavy (non-hydrogen) atoms. The molecule has 0 aromatic heterocycles. The second kappa shape index (κ2) is 7.58. The van der Waals surface area contributed by atoms with Gasteiger partial charge in [-0.2, -0.15) is 0 Å². The minimum Gasteiger partial charge on any atom is -0.480 e. The quantitative estimate of drug-likeness (QED) is 0.861. The van der Waals surface area contributed by atoms with Crippen LogP contribution < -0.4 is 5.32 Å². The summed E-state index contributed by atoms with van der Waals surface area (Å²) < 4.78 is 0. The Hall–Kier alpha value is -2.62. The fourth-order valence-electron chi connectivity index (χ4n) is 2.24. The minimum atomic E-state index is -1.02. The third-order valence-corrected chi connectivity index (χ3v) is 3.64. The summed E-state index contributed by atoms with van der Waals surface area (Å²) >= 11 is 0. The number of rotatable bonds is 6. The van der Waals surface area contributed by atoms with E-state index in [9.17, 15) is 14.7 Å². The second-order valence-corrected chi connectivity index (χ2v) is 5.82. The molecule has 0 bridgehead atoms. The summed E-state index contributed by atoms with van der Waals surface area (Å²) in [5.41, 5.74) is 3.07. The molecule has 0 aliphatic carbocycles. The topological polar surface area (TPSA) is 66.4 Å². The second-order valence-electron chi connectivity index (χ2n) is 5.82. The van der Waals surface area contributed by atoms with Gasteiger partial charge in [0.2, 0.25) is 5.91 Å². The highest BCUT2D eigenvalue weighted by molar-refractivity contribution is 5.84. The van der Waals surface area contributed by atoms with Crippen LogP contribution in [0.1, 0.15) is 19.4 Å². The molecular weight excluding hydrogens is 290 g/mol. The Morgan fingerprint density at radius 3 is 2.04 bits per heavy atom. The Labute approximate surface area is 136 Å². The zero-order chi connectivity index (χ0) is 16.8. The first kappa shape index (κ1) is 16.7. The summed E-state index contributed by atoms with van der Waals surface area (Å²) in [7, 11) is 0. The number of nitrogens with one attached hydrogen (secondary N) is 1. The lowest BCUT2D eigenvalue weighted by atomic mass is 10.0. The standard InChI is InChI=1S/C19H21NO3/c1-13(2)18(21)20-17(19(22)23)12-14-8-10-16(11-9-14)15-6-4-3-5-7-15/h3-11,13,17H,12H2,1-2H3,(H,20,21)(H,22,23)/t17-/m0/s1. The van der Waals surface area contributed by atoms with Crippen LogP contribution in [0.4, 0.5) is 0 Å². The van der Waals surface area contributed by atoms with Gasteiger partial charge in [-0.1, -0.05) is 68.4 Å². The summed E-state index contributed by atoms with van der Waals surface area (Å²) in [5.74, 6) is -1.51. The lowest BCUT2D eigenvalue weighted by molar-refractivity contribution is -0.142. The van der Waals surface area contributed by atoms with Crippen LogP contribution >= 0.6 is 0 Å². The van der Waals surface area contributed by atoms with E-state index in [0.29, 0.717) is 0 Å². The first-order valence-electron chi connectivity index (χ1n) is 7.65. The van der Waals surface area contributed by atoms with Crippen molar-refractivity contribution in [3.8, 4) is 11.1 Å². The molecule has 4 nitrogen and oxygen atoms in total. The van der Waals surface area contributed by atoms with Gasteiger partial charge in [0.05, 0.1) is 0 Å². The highest BCUT2D eigenvalue weighted by Gasteiger charge is 2.21. The van der Waals surface area contributed by atoms with Crippen molar-refractivity contribution in [2.75, 3.05) is 0 Å². The van der Waals surface area contributed by atoms with Crippen LogP contribution in [-0.4, -0.2) is 23.0 Å². The predicted octanol–water partition coefficient (Wildman–Crippen LogP) is 3.12. The van der Waals surface area contributed by atoms with Crippen molar-refractivity contribution >= 4 is 11.9 Å². The Bertz CT molecular complexity index is 663. The summed E-state index contributed by atoms with van der Waals surface area (Å²) in [6.07, 6.45) is 0.267. The van der Waals surface area contributed by atoms with Gasteiger partial charge in [0.1, 0.15) is 6.04 Å². The zero-order valence-electron chi connectivity index (χ0n) is 13.3. The van der Waals surface area contributed by atoms with E-state index in [1.54, 1.807) is 13.8 Å². The summed E-state index contributed by atoms with van der Waals surface area (Å²) in [4.78, 5) is 23.0. The Balaban J connectivity index is 2.09. The van der Waals surface area contributed by atoms with Gasteiger partial charge in [0.15, 0.2) is 0 Å². The summed E-state index contributed by atoms with van der Waals surface area (Å²) in [6.45, 7) is 3.48. The SMILES string of the molecule is CC(C)C(=O)N[C@@H](Cc1ccc(-c2ccccc2)cc1)C(=O)O. The number of carbonyl (C=O) groups excluding carboxylic acids is 1. The molecule has 0 aliphatic rings. The molecule has 2 aromatic carbocycles. The molecule has 0 spiro atoms. The van der Waals surface area contributed by atoms with Crippen molar-refractivity contribution in [1.82, 2.24) is 5.32 Å². The molecule has 0 saturated heterocycles. The van der Waals surface area contributed by atoms with Crippen LogP contribution in [0.25, 0.3) is 11.1 Å². The van der Waals surface area contributed by atoms with Crippen molar-refractivity contribution in [2.45, 2.75) is 26.3 Å². The number of carboxylic acid groups (broad SMARTS) is 1. The van der Waals surface area contributed by atoms with Crippen LogP contribution in [0.5, 0.6) is 0 Å². The number of hydrogen-bond donors (Lipinski definition) is 2. The molecule has 0 unspecified atom stereocenters. The van der Waals surface area contributed by atoms with Crippen LogP contribution in [0, 0.1) is 5.92 Å². The molecule has 4 heteroatoms. The van der Waals surface area contributed by atoms with E-state index in [1.165, 1.54) is 0 Å². The zero-order valence-corrected chi connectivity index (χ0v) is 13.3. The molecule has 2 rings (SSSR count). The van der Waals surface area contributed by atoms with Crippen LogP contribution in [0.3, 0.4) is 0 Å². The number of carboxylic acids is 1. The molecule has 0 fully saturated rings. The predicted molar refractivity (Wildman–Crippen MR) is 90.0 cm³/mol. The maximum atomic E-state index is 11.7. The van der Waals surface area contributed by atoms with Crippen LogP contribution in [0.15, 0.2) is 54.6 Å². The molecule has 2 aromatic rings. The van der Waals surface area contributed by atoms with Crippen molar-refractivity contribution in [1.29, 1.82) is 0 Å². The maximum absolute atomic E-state index is 11.7. The molecule has 0 radical (unpaired) electrons. The van der Waals surface area contributed by atoms with Gasteiger partial charge >= 0.3 is 5.97 Å². The minimum absolute atomic E-state index is 0.239. The average molecular weight is 311 g/mol. The van der Waals surface area contributed by atoms with E-state index in [1.807, 2.05) is 54.6 Å². The average Bonchev–Trinajstić information content (AvgIpc) is 2.55. The Morgan fingerprint density at radius 2 is 1.52 bits per heavy atom. The molecule has 120 valence electrons. The Morgan fingerprint density at radius 1 is 0.957 bits per heavy atom. The number of carbonyl (C=O) groups is 2. The maximum Gasteiger partial charge on any atom is 0.326 e. The summed E-state index contributed by atoms with van der Waals surface area (Å²) in [5, 5.41) is 11.9. The lowest BCUT2D eigenvalue weighted by Gasteiger charge is -2.16. The molecule has 1 amide bonds. The van der Waals surface area contributed by atoms with Crippen LogP contribution in [-0.2, 0) is 16.0 Å². The van der Waals surface area contributed by atoms with Gasteiger partial charge in [0, 0.05) is 12.3 Å². The third kappa shape index (κ3) is 4.68. The van der Waals surface area contributed by atoms with Gasteiger partial charge in [-0.05, 0) is 16.7 Å². The van der Waals surface area contributed by atoms with E-state index in [0.717, 1.165) is 16.7 Å². The fraction of sp³-hybridized carbons (Fsp3) is 0.263. The molecule has 0 heterocycles. The van der Waals surface area contributed by atoms with Crippen molar-refractivity contribution in [3.05, 3.63) is 60.2 Å². The Kier molecular flexibility index (Phi) is 5.52. The van der Waals surface area contributed by atoms with Gasteiger partial charge in [-0.3, -0.25) is 4.79 Å². The van der Waals surface area contributed by atoms with Crippen molar-refractivity contribution in [3.63, 3.8) is 0 Å². The molecule has 2 N–H and O–H groups in total. The number of benzene rings is 2. The smallest absolute Gasteiger partial charge is 0.326 e. The molecule has 0 aliphatic heterocycles. The third-order valence-electron chi connectivity index (χ3n) is 3.64.